The molecule has 8 nitrogen and oxygen atoms in total. The van der Waals surface area contributed by atoms with Crippen molar-refractivity contribution in [2.45, 2.75) is 26.4 Å². The number of aryl methyl sites for hydroxylation is 1. The third-order valence-corrected chi connectivity index (χ3v) is 4.99. The lowest BCUT2D eigenvalue weighted by Crippen LogP contribution is -2.28. The van der Waals surface area contributed by atoms with E-state index in [0.29, 0.717) is 23.0 Å². The van der Waals surface area contributed by atoms with E-state index in [1.54, 1.807) is 22.9 Å². The van der Waals surface area contributed by atoms with Crippen LogP contribution in [0.25, 0.3) is 5.69 Å². The topological polar surface area (TPSA) is 81.0 Å². The van der Waals surface area contributed by atoms with Crippen LogP contribution in [-0.2, 0) is 6.61 Å². The lowest BCUT2D eigenvalue weighted by atomic mass is 10.2. The number of nitrogens with zero attached hydrogens (tertiary/aromatic N) is 6. The predicted octanol–water partition coefficient (Wildman–Crippen LogP) is 2.68. The molecule has 1 aromatic carbocycles. The number of alkyl halides is 2. The second kappa shape index (κ2) is 9.12. The van der Waals surface area contributed by atoms with E-state index in [-0.39, 0.29) is 12.2 Å². The van der Waals surface area contributed by atoms with Gasteiger partial charge in [0, 0.05) is 31.3 Å². The van der Waals surface area contributed by atoms with E-state index in [1.807, 2.05) is 13.0 Å². The summed E-state index contributed by atoms with van der Waals surface area (Å²) >= 11 is 0. The summed E-state index contributed by atoms with van der Waals surface area (Å²) in [4.78, 5) is 2.20. The van der Waals surface area contributed by atoms with E-state index >= 15 is 0 Å². The molecule has 1 fully saturated rings. The van der Waals surface area contributed by atoms with E-state index in [4.69, 9.17) is 4.74 Å². The summed E-state index contributed by atoms with van der Waals surface area (Å²) in [6.45, 7) is 5.76. The van der Waals surface area contributed by atoms with E-state index in [9.17, 15) is 8.78 Å². The molecular formula is C20H23F2N7O. The SMILES string of the molecule is Cc1nnn(-c2ccc(C(F)F)cc2)c1COc1ccc(N2CCCNCC2)nn1. The molecule has 0 aliphatic carbocycles. The van der Waals surface area contributed by atoms with Crippen LogP contribution in [0.3, 0.4) is 0 Å². The van der Waals surface area contributed by atoms with Crippen LogP contribution in [0.1, 0.15) is 29.8 Å². The Labute approximate surface area is 172 Å². The first-order valence-corrected chi connectivity index (χ1v) is 9.83. The summed E-state index contributed by atoms with van der Waals surface area (Å²) in [5.41, 5.74) is 2.00. The van der Waals surface area contributed by atoms with Crippen molar-refractivity contribution in [1.29, 1.82) is 0 Å². The Morgan fingerprint density at radius 1 is 1.03 bits per heavy atom. The molecule has 30 heavy (non-hydrogen) atoms. The molecule has 10 heteroatoms. The third-order valence-electron chi connectivity index (χ3n) is 4.99. The monoisotopic (exact) mass is 415 g/mol. The zero-order valence-electron chi connectivity index (χ0n) is 16.6. The highest BCUT2D eigenvalue weighted by molar-refractivity contribution is 5.39. The summed E-state index contributed by atoms with van der Waals surface area (Å²) in [7, 11) is 0. The average molecular weight is 415 g/mol. The van der Waals surface area contributed by atoms with Crippen molar-refractivity contribution in [3.8, 4) is 11.6 Å². The molecule has 158 valence electrons. The molecule has 0 amide bonds. The molecule has 0 radical (unpaired) electrons. The van der Waals surface area contributed by atoms with Crippen molar-refractivity contribution in [2.24, 2.45) is 0 Å². The zero-order chi connectivity index (χ0) is 20.9. The lowest BCUT2D eigenvalue weighted by Gasteiger charge is -2.20. The number of halogens is 2. The van der Waals surface area contributed by atoms with E-state index in [2.05, 4.69) is 30.7 Å². The van der Waals surface area contributed by atoms with Crippen LogP contribution in [0.2, 0.25) is 0 Å². The Hall–Kier alpha value is -3.14. The minimum Gasteiger partial charge on any atom is -0.470 e. The third kappa shape index (κ3) is 4.54. The number of ether oxygens (including phenoxy) is 1. The summed E-state index contributed by atoms with van der Waals surface area (Å²) in [5.74, 6) is 1.22. The highest BCUT2D eigenvalue weighted by Gasteiger charge is 2.15. The van der Waals surface area contributed by atoms with Gasteiger partial charge in [-0.05, 0) is 38.1 Å². The molecule has 0 spiro atoms. The second-order valence-electron chi connectivity index (χ2n) is 7.03. The smallest absolute Gasteiger partial charge is 0.263 e. The summed E-state index contributed by atoms with van der Waals surface area (Å²) < 4.78 is 33.0. The molecule has 0 unspecified atom stereocenters. The van der Waals surface area contributed by atoms with Gasteiger partial charge in [-0.15, -0.1) is 15.3 Å². The van der Waals surface area contributed by atoms with Crippen LogP contribution in [0.5, 0.6) is 5.88 Å². The van der Waals surface area contributed by atoms with Crippen LogP contribution in [0, 0.1) is 6.92 Å². The molecule has 2 aromatic heterocycles. The van der Waals surface area contributed by atoms with Gasteiger partial charge in [0.15, 0.2) is 5.82 Å². The summed E-state index contributed by atoms with van der Waals surface area (Å²) in [6, 6.07) is 9.63. The molecule has 0 bridgehead atoms. The molecule has 1 aliphatic heterocycles. The minimum absolute atomic E-state index is 0.0380. The first-order valence-electron chi connectivity index (χ1n) is 9.83. The van der Waals surface area contributed by atoms with Gasteiger partial charge in [0.1, 0.15) is 12.3 Å². The number of benzene rings is 1. The number of rotatable bonds is 6. The Bertz CT molecular complexity index is 952. The molecule has 1 saturated heterocycles. The number of hydrogen-bond acceptors (Lipinski definition) is 7. The minimum atomic E-state index is -2.51. The molecule has 0 saturated carbocycles. The van der Waals surface area contributed by atoms with E-state index < -0.39 is 6.43 Å². The maximum absolute atomic E-state index is 12.8. The van der Waals surface area contributed by atoms with Crippen molar-refractivity contribution < 1.29 is 13.5 Å². The van der Waals surface area contributed by atoms with Crippen molar-refractivity contribution in [1.82, 2.24) is 30.5 Å². The normalized spacial score (nSPS) is 14.7. The fourth-order valence-corrected chi connectivity index (χ4v) is 3.29. The van der Waals surface area contributed by atoms with Crippen LogP contribution in [0.4, 0.5) is 14.6 Å². The maximum atomic E-state index is 12.8. The zero-order valence-corrected chi connectivity index (χ0v) is 16.6. The van der Waals surface area contributed by atoms with Crippen LogP contribution >= 0.6 is 0 Å². The predicted molar refractivity (Wildman–Crippen MR) is 107 cm³/mol. The molecule has 3 aromatic rings. The standard InChI is InChI=1S/C20H23F2N7O/c1-14-17(29(27-24-14)16-5-3-15(4-6-16)20(21)22)13-30-19-8-7-18(25-26-19)28-11-2-9-23-10-12-28/h3-8,20,23H,2,9-13H2,1H3. The number of aromatic nitrogens is 5. The van der Waals surface area contributed by atoms with E-state index in [1.165, 1.54) is 12.1 Å². The van der Waals surface area contributed by atoms with Gasteiger partial charge in [0.05, 0.1) is 11.4 Å². The van der Waals surface area contributed by atoms with Crippen molar-refractivity contribution in [3.63, 3.8) is 0 Å². The van der Waals surface area contributed by atoms with Gasteiger partial charge in [0.25, 0.3) is 6.43 Å². The number of anilines is 1. The van der Waals surface area contributed by atoms with Gasteiger partial charge in [0.2, 0.25) is 5.88 Å². The van der Waals surface area contributed by atoms with Crippen molar-refractivity contribution >= 4 is 5.82 Å². The van der Waals surface area contributed by atoms with Gasteiger partial charge in [-0.2, -0.15) is 0 Å². The van der Waals surface area contributed by atoms with Crippen molar-refractivity contribution in [3.05, 3.63) is 53.3 Å². The largest absolute Gasteiger partial charge is 0.470 e. The molecule has 1 aliphatic rings. The lowest BCUT2D eigenvalue weighted by molar-refractivity contribution is 0.151. The fraction of sp³-hybridized carbons (Fsp3) is 0.400. The van der Waals surface area contributed by atoms with Crippen LogP contribution in [-0.4, -0.2) is 51.4 Å². The number of nitrogens with one attached hydrogen (secondary N) is 1. The first-order chi connectivity index (χ1) is 14.6. The highest BCUT2D eigenvalue weighted by atomic mass is 19.3. The Morgan fingerprint density at radius 2 is 1.87 bits per heavy atom. The van der Waals surface area contributed by atoms with Crippen molar-refractivity contribution in [2.75, 3.05) is 31.1 Å². The molecule has 0 atom stereocenters. The Kier molecular flexibility index (Phi) is 6.12. The van der Waals surface area contributed by atoms with Gasteiger partial charge in [-0.25, -0.2) is 13.5 Å². The number of hydrogen-bond donors (Lipinski definition) is 1. The maximum Gasteiger partial charge on any atom is 0.263 e. The van der Waals surface area contributed by atoms with Gasteiger partial charge in [-0.1, -0.05) is 17.3 Å². The average Bonchev–Trinajstić information content (AvgIpc) is 2.95. The quantitative estimate of drug-likeness (QED) is 0.663. The molecule has 3 heterocycles. The van der Waals surface area contributed by atoms with Gasteiger partial charge >= 0.3 is 0 Å². The molecule has 4 rings (SSSR count). The Morgan fingerprint density at radius 3 is 2.60 bits per heavy atom. The van der Waals surface area contributed by atoms with Crippen LogP contribution < -0.4 is 15.0 Å². The highest BCUT2D eigenvalue weighted by Crippen LogP contribution is 2.22. The van der Waals surface area contributed by atoms with Crippen LogP contribution in [0.15, 0.2) is 36.4 Å². The fourth-order valence-electron chi connectivity index (χ4n) is 3.29. The Balaban J connectivity index is 1.44. The van der Waals surface area contributed by atoms with Gasteiger partial charge in [-0.3, -0.25) is 0 Å². The van der Waals surface area contributed by atoms with Gasteiger partial charge < -0.3 is 15.0 Å². The summed E-state index contributed by atoms with van der Waals surface area (Å²) in [6.07, 6.45) is -1.44. The first kappa shape index (κ1) is 20.1. The summed E-state index contributed by atoms with van der Waals surface area (Å²) in [5, 5.41) is 20.0. The molecule has 1 N–H and O–H groups in total. The second-order valence-corrected chi connectivity index (χ2v) is 7.03. The van der Waals surface area contributed by atoms with E-state index in [0.717, 1.165) is 38.4 Å². The molecular weight excluding hydrogens is 392 g/mol.